The summed E-state index contributed by atoms with van der Waals surface area (Å²) < 4.78 is 45.4. The second-order valence-corrected chi connectivity index (χ2v) is 9.11. The number of urea groups is 1. The Morgan fingerprint density at radius 3 is 2.28 bits per heavy atom. The maximum atomic E-state index is 13.3. The zero-order valence-electron chi connectivity index (χ0n) is 19.4. The summed E-state index contributed by atoms with van der Waals surface area (Å²) in [6, 6.07) is 5.79. The second kappa shape index (κ2) is 10.9. The van der Waals surface area contributed by atoms with Gasteiger partial charge in [0.15, 0.2) is 17.5 Å². The van der Waals surface area contributed by atoms with Crippen LogP contribution in [-0.4, -0.2) is 40.7 Å². The van der Waals surface area contributed by atoms with Crippen LogP contribution in [0.3, 0.4) is 0 Å². The zero-order chi connectivity index (χ0) is 25.8. The number of fused-ring (bicyclic) bond motifs is 1. The molecule has 1 saturated carbocycles. The first kappa shape index (κ1) is 25.3. The van der Waals surface area contributed by atoms with Gasteiger partial charge in [-0.15, -0.1) is 0 Å². The molecule has 0 spiro atoms. The van der Waals surface area contributed by atoms with E-state index in [4.69, 9.17) is 9.84 Å². The number of carboxylic acids is 1. The lowest BCUT2D eigenvalue weighted by Crippen LogP contribution is -2.39. The molecule has 2 aromatic rings. The van der Waals surface area contributed by atoms with E-state index in [-0.39, 0.29) is 24.1 Å². The lowest BCUT2D eigenvalue weighted by Gasteiger charge is -2.32. The van der Waals surface area contributed by atoms with E-state index in [2.05, 4.69) is 10.6 Å². The average molecular weight is 505 g/mol. The monoisotopic (exact) mass is 505 g/mol. The fourth-order valence-corrected chi connectivity index (χ4v) is 4.63. The third-order valence-electron chi connectivity index (χ3n) is 6.50. The molecule has 1 heterocycles. The number of benzene rings is 2. The van der Waals surface area contributed by atoms with Crippen molar-refractivity contribution in [3.63, 3.8) is 0 Å². The molecule has 192 valence electrons. The summed E-state index contributed by atoms with van der Waals surface area (Å²) in [5.41, 5.74) is 2.05. The Balaban J connectivity index is 1.28. The maximum absolute atomic E-state index is 13.3. The van der Waals surface area contributed by atoms with Gasteiger partial charge in [0.2, 0.25) is 0 Å². The van der Waals surface area contributed by atoms with E-state index in [1.807, 2.05) is 0 Å². The Bertz CT molecular complexity index is 1140. The summed E-state index contributed by atoms with van der Waals surface area (Å²) in [5.74, 6) is -5.11. The molecule has 0 atom stereocenters. The van der Waals surface area contributed by atoms with E-state index in [1.165, 1.54) is 0 Å². The predicted molar refractivity (Wildman–Crippen MR) is 124 cm³/mol. The number of hydrogen-bond donors (Lipinski definition) is 3. The van der Waals surface area contributed by atoms with Crippen LogP contribution in [-0.2, 0) is 22.5 Å². The number of amides is 3. The van der Waals surface area contributed by atoms with Crippen molar-refractivity contribution in [1.82, 2.24) is 4.90 Å². The fourth-order valence-electron chi connectivity index (χ4n) is 4.63. The molecule has 3 N–H and O–H groups in total. The number of nitrogens with zero attached hydrogens (tertiary/aromatic N) is 1. The van der Waals surface area contributed by atoms with Gasteiger partial charge in [-0.1, -0.05) is 6.07 Å². The summed E-state index contributed by atoms with van der Waals surface area (Å²) >= 11 is 0. The van der Waals surface area contributed by atoms with Crippen molar-refractivity contribution in [2.75, 3.05) is 17.2 Å². The Morgan fingerprint density at radius 2 is 1.61 bits per heavy atom. The van der Waals surface area contributed by atoms with Crippen molar-refractivity contribution >= 4 is 29.5 Å². The molecule has 4 rings (SSSR count). The molecule has 1 aliphatic carbocycles. The molecule has 2 aromatic carbocycles. The molecule has 8 nitrogen and oxygen atoms in total. The molecule has 0 saturated heterocycles. The number of rotatable bonds is 5. The van der Waals surface area contributed by atoms with Gasteiger partial charge in [-0.3, -0.25) is 4.79 Å². The van der Waals surface area contributed by atoms with Crippen molar-refractivity contribution in [2.24, 2.45) is 5.92 Å². The SMILES string of the molecule is O=C(O)C[C@H]1CC[C@H](OC(=O)N2CCc3cc(NC(=O)Nc4cc(F)c(F)c(F)c4)ccc3C2)CC1. The molecule has 11 heteroatoms. The smallest absolute Gasteiger partial charge is 0.410 e. The van der Waals surface area contributed by atoms with Crippen molar-refractivity contribution in [3.8, 4) is 0 Å². The molecule has 0 bridgehead atoms. The highest BCUT2D eigenvalue weighted by Crippen LogP contribution is 2.30. The summed E-state index contributed by atoms with van der Waals surface area (Å²) in [6.07, 6.45) is 2.83. The highest BCUT2D eigenvalue weighted by atomic mass is 19.2. The number of ether oxygens (including phenoxy) is 1. The summed E-state index contributed by atoms with van der Waals surface area (Å²) in [6.45, 7) is 0.785. The summed E-state index contributed by atoms with van der Waals surface area (Å²) in [5, 5.41) is 13.7. The highest BCUT2D eigenvalue weighted by Gasteiger charge is 2.28. The molecular weight excluding hydrogens is 479 g/mol. The molecule has 0 aromatic heterocycles. The van der Waals surface area contributed by atoms with Crippen LogP contribution < -0.4 is 10.6 Å². The van der Waals surface area contributed by atoms with Gasteiger partial charge in [0.05, 0.1) is 0 Å². The van der Waals surface area contributed by atoms with Gasteiger partial charge in [-0.25, -0.2) is 22.8 Å². The van der Waals surface area contributed by atoms with Gasteiger partial charge in [0, 0.05) is 43.0 Å². The Kier molecular flexibility index (Phi) is 7.66. The van der Waals surface area contributed by atoms with Crippen molar-refractivity contribution in [1.29, 1.82) is 0 Å². The number of aliphatic carboxylic acids is 1. The molecule has 0 unspecified atom stereocenters. The van der Waals surface area contributed by atoms with Gasteiger partial charge in [-0.2, -0.15) is 0 Å². The maximum Gasteiger partial charge on any atom is 0.410 e. The Labute approximate surface area is 205 Å². The standard InChI is InChI=1S/C25H26F3N3O5/c26-20-11-18(12-21(27)23(20)28)30-24(34)29-17-4-3-16-13-31(8-7-15(16)10-17)25(35)36-19-5-1-14(2-6-19)9-22(32)33/h3-4,10-12,14,19H,1-2,5-9,13H2,(H,32,33)(H2,29,30,34)/t14-,19-. The van der Waals surface area contributed by atoms with Gasteiger partial charge in [0.25, 0.3) is 0 Å². The molecular formula is C25H26F3N3O5. The van der Waals surface area contributed by atoms with Gasteiger partial charge in [0.1, 0.15) is 6.10 Å². The van der Waals surface area contributed by atoms with Crippen molar-refractivity contribution in [2.45, 2.75) is 51.2 Å². The van der Waals surface area contributed by atoms with Gasteiger partial charge >= 0.3 is 18.1 Å². The minimum absolute atomic E-state index is 0.127. The topological polar surface area (TPSA) is 108 Å². The average Bonchev–Trinajstić information content (AvgIpc) is 2.83. The lowest BCUT2D eigenvalue weighted by molar-refractivity contribution is -0.138. The molecule has 2 aliphatic rings. The van der Waals surface area contributed by atoms with E-state index in [9.17, 15) is 27.6 Å². The van der Waals surface area contributed by atoms with Crippen LogP contribution in [0, 0.1) is 23.4 Å². The molecule has 36 heavy (non-hydrogen) atoms. The van der Waals surface area contributed by atoms with Crippen LogP contribution in [0.25, 0.3) is 0 Å². The van der Waals surface area contributed by atoms with E-state index >= 15 is 0 Å². The van der Waals surface area contributed by atoms with Gasteiger partial charge < -0.3 is 25.4 Å². The number of carbonyl (C=O) groups is 3. The first-order valence-electron chi connectivity index (χ1n) is 11.7. The number of carboxylic acid groups (broad SMARTS) is 1. The number of hydrogen-bond acceptors (Lipinski definition) is 4. The van der Waals surface area contributed by atoms with Crippen LogP contribution in [0.2, 0.25) is 0 Å². The normalized spacial score (nSPS) is 19.2. The molecule has 1 aliphatic heterocycles. The highest BCUT2D eigenvalue weighted by molar-refractivity contribution is 5.99. The lowest BCUT2D eigenvalue weighted by atomic mass is 9.85. The van der Waals surface area contributed by atoms with Gasteiger partial charge in [-0.05, 0) is 61.3 Å². The van der Waals surface area contributed by atoms with E-state index in [0.717, 1.165) is 24.0 Å². The number of anilines is 2. The van der Waals surface area contributed by atoms with Crippen LogP contribution >= 0.6 is 0 Å². The Hall–Kier alpha value is -3.76. The predicted octanol–water partition coefficient (Wildman–Crippen LogP) is 5.28. The second-order valence-electron chi connectivity index (χ2n) is 9.11. The summed E-state index contributed by atoms with van der Waals surface area (Å²) in [4.78, 5) is 37.3. The van der Waals surface area contributed by atoms with Crippen LogP contribution in [0.15, 0.2) is 30.3 Å². The van der Waals surface area contributed by atoms with Crippen molar-refractivity contribution in [3.05, 3.63) is 58.9 Å². The van der Waals surface area contributed by atoms with E-state index < -0.39 is 35.5 Å². The molecule has 0 radical (unpaired) electrons. The quantitative estimate of drug-likeness (QED) is 0.480. The summed E-state index contributed by atoms with van der Waals surface area (Å²) in [7, 11) is 0. The largest absolute Gasteiger partial charge is 0.481 e. The van der Waals surface area contributed by atoms with Crippen LogP contribution in [0.1, 0.15) is 43.2 Å². The third kappa shape index (κ3) is 6.27. The van der Waals surface area contributed by atoms with Crippen LogP contribution in [0.5, 0.6) is 0 Å². The first-order chi connectivity index (χ1) is 17.2. The Morgan fingerprint density at radius 1 is 0.944 bits per heavy atom. The molecule has 1 fully saturated rings. The number of carbonyl (C=O) groups excluding carboxylic acids is 2. The third-order valence-corrected chi connectivity index (χ3v) is 6.50. The zero-order valence-corrected chi connectivity index (χ0v) is 19.4. The number of nitrogens with one attached hydrogen (secondary N) is 2. The minimum Gasteiger partial charge on any atom is -0.481 e. The number of halogens is 3. The van der Waals surface area contributed by atoms with E-state index in [1.54, 1.807) is 23.1 Å². The van der Waals surface area contributed by atoms with Crippen molar-refractivity contribution < 1.29 is 37.4 Å². The molecule has 3 amide bonds. The first-order valence-corrected chi connectivity index (χ1v) is 11.7. The minimum atomic E-state index is -1.61. The van der Waals surface area contributed by atoms with E-state index in [0.29, 0.717) is 50.2 Å². The van der Waals surface area contributed by atoms with Crippen LogP contribution in [0.4, 0.5) is 34.1 Å². The fraction of sp³-hybridized carbons (Fsp3) is 0.400.